The summed E-state index contributed by atoms with van der Waals surface area (Å²) in [6.07, 6.45) is 0.159. The fourth-order valence-corrected chi connectivity index (χ4v) is 1.32. The molecule has 1 N–H and O–H groups in total. The van der Waals surface area contributed by atoms with Crippen LogP contribution in [0.3, 0.4) is 0 Å². The Morgan fingerprint density at radius 3 is 2.75 bits per heavy atom. The number of benzene rings is 1. The molecule has 2 nitrogen and oxygen atoms in total. The molecule has 0 radical (unpaired) electrons. The van der Waals surface area contributed by atoms with Crippen molar-refractivity contribution in [3.05, 3.63) is 28.0 Å². The second kappa shape index (κ2) is 3.55. The zero-order valence-corrected chi connectivity index (χ0v) is 7.60. The van der Waals surface area contributed by atoms with Crippen molar-refractivity contribution in [3.63, 3.8) is 0 Å². The van der Waals surface area contributed by atoms with E-state index in [1.54, 1.807) is 0 Å². The van der Waals surface area contributed by atoms with E-state index < -0.39 is 11.6 Å². The highest BCUT2D eigenvalue weighted by Crippen LogP contribution is 2.25. The third-order valence-corrected chi connectivity index (χ3v) is 1.93. The summed E-state index contributed by atoms with van der Waals surface area (Å²) in [7, 11) is 0. The van der Waals surface area contributed by atoms with E-state index in [4.69, 9.17) is 10.4 Å². The zero-order valence-electron chi connectivity index (χ0n) is 6.01. The second-order valence-electron chi connectivity index (χ2n) is 2.25. The molecule has 0 aliphatic rings. The average Bonchev–Trinajstić information content (AvgIpc) is 2.01. The number of nitrogens with zero attached hydrogens (tertiary/aromatic N) is 1. The van der Waals surface area contributed by atoms with Gasteiger partial charge in [-0.05, 0) is 33.6 Å². The van der Waals surface area contributed by atoms with Gasteiger partial charge in [0, 0.05) is 0 Å². The molecule has 0 saturated carbocycles. The van der Waals surface area contributed by atoms with Gasteiger partial charge in [0.2, 0.25) is 0 Å². The first kappa shape index (κ1) is 9.01. The van der Waals surface area contributed by atoms with Crippen molar-refractivity contribution in [3.8, 4) is 11.8 Å². The van der Waals surface area contributed by atoms with Crippen molar-refractivity contribution in [2.24, 2.45) is 0 Å². The normalized spacial score (nSPS) is 9.42. The summed E-state index contributed by atoms with van der Waals surface area (Å²) in [4.78, 5) is 0. The summed E-state index contributed by atoms with van der Waals surface area (Å²) < 4.78 is 12.9. The number of hydrogen-bond donors (Lipinski definition) is 1. The third-order valence-electron chi connectivity index (χ3n) is 1.35. The zero-order chi connectivity index (χ0) is 9.14. The maximum absolute atomic E-state index is 12.8. The van der Waals surface area contributed by atoms with Gasteiger partial charge < -0.3 is 5.11 Å². The van der Waals surface area contributed by atoms with E-state index in [1.165, 1.54) is 12.1 Å². The van der Waals surface area contributed by atoms with Gasteiger partial charge in [0.25, 0.3) is 0 Å². The number of rotatable bonds is 1. The van der Waals surface area contributed by atoms with E-state index in [9.17, 15) is 4.39 Å². The first-order chi connectivity index (χ1) is 5.65. The monoisotopic (exact) mass is 229 g/mol. The Morgan fingerprint density at radius 2 is 2.25 bits per heavy atom. The van der Waals surface area contributed by atoms with Gasteiger partial charge in [0.15, 0.2) is 11.6 Å². The van der Waals surface area contributed by atoms with Crippen LogP contribution in [-0.4, -0.2) is 5.11 Å². The third kappa shape index (κ3) is 1.74. The van der Waals surface area contributed by atoms with Gasteiger partial charge in [-0.3, -0.25) is 0 Å². The highest BCUT2D eigenvalue weighted by atomic mass is 79.9. The van der Waals surface area contributed by atoms with Gasteiger partial charge in [0.1, 0.15) is 0 Å². The number of halogens is 2. The van der Waals surface area contributed by atoms with Crippen LogP contribution in [0.1, 0.15) is 5.56 Å². The predicted molar refractivity (Wildman–Crippen MR) is 45.1 cm³/mol. The number of phenols is 1. The van der Waals surface area contributed by atoms with Crippen LogP contribution in [-0.2, 0) is 6.42 Å². The van der Waals surface area contributed by atoms with E-state index in [1.807, 2.05) is 6.07 Å². The number of hydrogen-bond acceptors (Lipinski definition) is 2. The van der Waals surface area contributed by atoms with Crippen molar-refractivity contribution < 1.29 is 9.50 Å². The van der Waals surface area contributed by atoms with Crippen LogP contribution < -0.4 is 0 Å². The van der Waals surface area contributed by atoms with E-state index >= 15 is 0 Å². The van der Waals surface area contributed by atoms with E-state index in [-0.39, 0.29) is 10.9 Å². The molecule has 0 aromatic heterocycles. The van der Waals surface area contributed by atoms with Crippen molar-refractivity contribution >= 4 is 15.9 Å². The molecular weight excluding hydrogens is 225 g/mol. The van der Waals surface area contributed by atoms with Gasteiger partial charge in [0.05, 0.1) is 17.0 Å². The van der Waals surface area contributed by atoms with Crippen LogP contribution in [0.25, 0.3) is 0 Å². The highest BCUT2D eigenvalue weighted by molar-refractivity contribution is 9.10. The van der Waals surface area contributed by atoms with E-state index in [2.05, 4.69) is 15.9 Å². The Morgan fingerprint density at radius 1 is 1.58 bits per heavy atom. The van der Waals surface area contributed by atoms with Gasteiger partial charge >= 0.3 is 0 Å². The van der Waals surface area contributed by atoms with Gasteiger partial charge in [-0.25, -0.2) is 4.39 Å². The molecule has 4 heteroatoms. The van der Waals surface area contributed by atoms with Gasteiger partial charge in [-0.15, -0.1) is 0 Å². The van der Waals surface area contributed by atoms with Crippen molar-refractivity contribution in [2.75, 3.05) is 0 Å². The molecule has 0 amide bonds. The minimum absolute atomic E-state index is 0.159. The Labute approximate surface area is 77.4 Å². The molecule has 0 atom stereocenters. The summed E-state index contributed by atoms with van der Waals surface area (Å²) in [6.45, 7) is 0. The highest BCUT2D eigenvalue weighted by Gasteiger charge is 2.06. The van der Waals surface area contributed by atoms with E-state index in [0.717, 1.165) is 0 Å². The average molecular weight is 230 g/mol. The molecule has 1 rings (SSSR count). The van der Waals surface area contributed by atoms with Crippen LogP contribution >= 0.6 is 15.9 Å². The quantitative estimate of drug-likeness (QED) is 0.804. The second-order valence-corrected chi connectivity index (χ2v) is 3.10. The fourth-order valence-electron chi connectivity index (χ4n) is 0.822. The fraction of sp³-hybridized carbons (Fsp3) is 0.125. The van der Waals surface area contributed by atoms with Crippen LogP contribution in [0.15, 0.2) is 16.6 Å². The topological polar surface area (TPSA) is 44.0 Å². The summed E-state index contributed by atoms with van der Waals surface area (Å²) in [6, 6.07) is 4.61. The van der Waals surface area contributed by atoms with Crippen LogP contribution in [0.2, 0.25) is 0 Å². The minimum atomic E-state index is -0.698. The molecule has 0 saturated heterocycles. The predicted octanol–water partition coefficient (Wildman–Crippen LogP) is 2.36. The van der Waals surface area contributed by atoms with Crippen molar-refractivity contribution in [1.82, 2.24) is 0 Å². The van der Waals surface area contributed by atoms with Crippen molar-refractivity contribution in [2.45, 2.75) is 6.42 Å². The molecule has 0 spiro atoms. The minimum Gasteiger partial charge on any atom is -0.505 e. The maximum atomic E-state index is 12.8. The molecule has 0 heterocycles. The number of phenolic OH excluding ortho intramolecular Hbond substituents is 1. The molecular formula is C8H5BrFNO. The summed E-state index contributed by atoms with van der Waals surface area (Å²) in [5.41, 5.74) is 0.586. The molecule has 1 aromatic carbocycles. The van der Waals surface area contributed by atoms with Gasteiger partial charge in [-0.2, -0.15) is 5.26 Å². The lowest BCUT2D eigenvalue weighted by Gasteiger charge is -2.00. The first-order valence-electron chi connectivity index (χ1n) is 3.19. The van der Waals surface area contributed by atoms with E-state index in [0.29, 0.717) is 5.56 Å². The van der Waals surface area contributed by atoms with Crippen LogP contribution in [0, 0.1) is 17.1 Å². The largest absolute Gasteiger partial charge is 0.505 e. The molecule has 1 aromatic rings. The molecule has 62 valence electrons. The molecule has 0 fully saturated rings. The number of aromatic hydroxyl groups is 1. The Hall–Kier alpha value is -1.08. The number of nitriles is 1. The molecule has 0 aliphatic heterocycles. The lowest BCUT2D eigenvalue weighted by molar-refractivity contribution is 0.430. The molecule has 0 aliphatic carbocycles. The first-order valence-corrected chi connectivity index (χ1v) is 3.98. The summed E-state index contributed by atoms with van der Waals surface area (Å²) >= 11 is 2.92. The Bertz CT molecular complexity index is 322. The molecule has 0 bridgehead atoms. The Balaban J connectivity index is 3.14. The van der Waals surface area contributed by atoms with Crippen LogP contribution in [0.5, 0.6) is 5.75 Å². The standard InChI is InChI=1S/C8H5BrFNO/c9-6-3-5(1-2-11)4-7(12)8(6)10/h3-4,12H,1H2. The molecule has 0 unspecified atom stereocenters. The maximum Gasteiger partial charge on any atom is 0.178 e. The molecule has 12 heavy (non-hydrogen) atoms. The summed E-state index contributed by atoms with van der Waals surface area (Å²) in [5.74, 6) is -1.13. The van der Waals surface area contributed by atoms with Crippen molar-refractivity contribution in [1.29, 1.82) is 5.26 Å². The summed E-state index contributed by atoms with van der Waals surface area (Å²) in [5, 5.41) is 17.3. The lowest BCUT2D eigenvalue weighted by Crippen LogP contribution is -1.85. The smallest absolute Gasteiger partial charge is 0.178 e. The SMILES string of the molecule is N#CCc1cc(O)c(F)c(Br)c1. The lowest BCUT2D eigenvalue weighted by atomic mass is 10.1. The van der Waals surface area contributed by atoms with Gasteiger partial charge in [-0.1, -0.05) is 0 Å². The van der Waals surface area contributed by atoms with Crippen LogP contribution in [0.4, 0.5) is 4.39 Å². The Kier molecular flexibility index (Phi) is 2.66.